The molecule has 2 rings (SSSR count). The largest absolute Gasteiger partial charge is 0.393 e. The van der Waals surface area contributed by atoms with E-state index >= 15 is 0 Å². The van der Waals surface area contributed by atoms with Crippen molar-refractivity contribution in [2.45, 2.75) is 51.6 Å². The van der Waals surface area contributed by atoms with Crippen molar-refractivity contribution < 1.29 is 14.3 Å². The van der Waals surface area contributed by atoms with Crippen molar-refractivity contribution in [3.63, 3.8) is 0 Å². The van der Waals surface area contributed by atoms with Crippen LogP contribution in [0, 0.1) is 17.8 Å². The van der Waals surface area contributed by atoms with Gasteiger partial charge < -0.3 is 5.11 Å². The van der Waals surface area contributed by atoms with Crippen molar-refractivity contribution in [1.82, 2.24) is 0 Å². The summed E-state index contributed by atoms with van der Waals surface area (Å²) < 4.78 is 13.5. The SMILES string of the molecule is C=C/C=C(/C=C1\CCC2C(CCC(O)C2CCC)C1=O)C(=C)F. The topological polar surface area (TPSA) is 37.3 Å². The molecule has 0 aromatic heterocycles. The summed E-state index contributed by atoms with van der Waals surface area (Å²) in [6.07, 6.45) is 9.35. The zero-order valence-corrected chi connectivity index (χ0v) is 13.9. The molecule has 0 saturated heterocycles. The number of rotatable bonds is 5. The molecule has 2 nitrogen and oxygen atoms in total. The van der Waals surface area contributed by atoms with Crippen LogP contribution >= 0.6 is 0 Å². The van der Waals surface area contributed by atoms with E-state index in [0.717, 1.165) is 25.7 Å². The van der Waals surface area contributed by atoms with E-state index in [1.807, 2.05) is 0 Å². The highest BCUT2D eigenvalue weighted by Gasteiger charge is 2.44. The maximum atomic E-state index is 13.5. The van der Waals surface area contributed by atoms with E-state index < -0.39 is 5.83 Å². The quantitative estimate of drug-likeness (QED) is 0.590. The molecule has 126 valence electrons. The van der Waals surface area contributed by atoms with Gasteiger partial charge in [-0.1, -0.05) is 38.7 Å². The molecule has 2 aliphatic carbocycles. The third-order valence-corrected chi connectivity index (χ3v) is 5.30. The number of Topliss-reactive ketones (excluding diaryl/α,β-unsaturated/α-hetero) is 1. The molecule has 0 aliphatic heterocycles. The molecule has 0 bridgehead atoms. The normalized spacial score (nSPS) is 33.4. The Balaban J connectivity index is 2.22. The molecule has 4 atom stereocenters. The van der Waals surface area contributed by atoms with Crippen LogP contribution in [-0.2, 0) is 4.79 Å². The van der Waals surface area contributed by atoms with Crippen molar-refractivity contribution in [3.05, 3.63) is 48.4 Å². The summed E-state index contributed by atoms with van der Waals surface area (Å²) in [5, 5.41) is 10.3. The Bertz CT molecular complexity index is 544. The summed E-state index contributed by atoms with van der Waals surface area (Å²) in [4.78, 5) is 12.8. The standard InChI is InChI=1S/C20H27FO2/c1-4-6-14(13(3)21)12-15-8-9-16-17(7-5-2)19(22)11-10-18(16)20(15)23/h4,6,12,16-19,22H,1,3,5,7-11H2,2H3/b14-6-,15-12+. The Morgan fingerprint density at radius 1 is 1.39 bits per heavy atom. The van der Waals surface area contributed by atoms with Gasteiger partial charge in [0.15, 0.2) is 5.78 Å². The molecule has 0 aromatic carbocycles. The lowest BCUT2D eigenvalue weighted by atomic mass is 9.62. The van der Waals surface area contributed by atoms with Gasteiger partial charge in [0.05, 0.1) is 6.10 Å². The molecule has 2 fully saturated rings. The lowest BCUT2D eigenvalue weighted by molar-refractivity contribution is -0.127. The summed E-state index contributed by atoms with van der Waals surface area (Å²) in [6, 6.07) is 0. The van der Waals surface area contributed by atoms with E-state index in [0.29, 0.717) is 24.0 Å². The van der Waals surface area contributed by atoms with Crippen LogP contribution in [0.3, 0.4) is 0 Å². The average Bonchev–Trinajstić information content (AvgIpc) is 2.52. The van der Waals surface area contributed by atoms with Crippen LogP contribution in [0.5, 0.6) is 0 Å². The van der Waals surface area contributed by atoms with Gasteiger partial charge in [-0.05, 0) is 55.6 Å². The second-order valence-electron chi connectivity index (χ2n) is 6.70. The molecule has 23 heavy (non-hydrogen) atoms. The van der Waals surface area contributed by atoms with Gasteiger partial charge in [-0.25, -0.2) is 4.39 Å². The van der Waals surface area contributed by atoms with Crippen LogP contribution in [-0.4, -0.2) is 17.0 Å². The number of aliphatic hydroxyl groups excluding tert-OH is 1. The number of ketones is 1. The molecule has 0 radical (unpaired) electrons. The smallest absolute Gasteiger partial charge is 0.162 e. The average molecular weight is 318 g/mol. The molecule has 0 spiro atoms. The minimum absolute atomic E-state index is 0.0205. The van der Waals surface area contributed by atoms with Crippen molar-refractivity contribution in [2.24, 2.45) is 17.8 Å². The number of aliphatic hydroxyl groups is 1. The fraction of sp³-hybridized carbons (Fsp3) is 0.550. The number of carbonyl (C=O) groups is 1. The molecular formula is C20H27FO2. The highest BCUT2D eigenvalue weighted by Crippen LogP contribution is 2.45. The maximum Gasteiger partial charge on any atom is 0.162 e. The van der Waals surface area contributed by atoms with Gasteiger partial charge in [0.1, 0.15) is 5.83 Å². The highest BCUT2D eigenvalue weighted by molar-refractivity contribution is 5.98. The Hall–Kier alpha value is -1.48. The highest BCUT2D eigenvalue weighted by atomic mass is 19.1. The van der Waals surface area contributed by atoms with Crippen LogP contribution in [0.25, 0.3) is 0 Å². The van der Waals surface area contributed by atoms with Gasteiger partial charge in [-0.15, -0.1) is 0 Å². The van der Waals surface area contributed by atoms with Crippen LogP contribution in [0.1, 0.15) is 45.4 Å². The van der Waals surface area contributed by atoms with Crippen LogP contribution < -0.4 is 0 Å². The van der Waals surface area contributed by atoms with Crippen LogP contribution in [0.4, 0.5) is 4.39 Å². The molecule has 3 heteroatoms. The maximum absolute atomic E-state index is 13.5. The molecule has 1 N–H and O–H groups in total. The van der Waals surface area contributed by atoms with E-state index in [1.54, 1.807) is 12.2 Å². The van der Waals surface area contributed by atoms with E-state index in [2.05, 4.69) is 20.1 Å². The van der Waals surface area contributed by atoms with E-state index in [-0.39, 0.29) is 29.6 Å². The first-order valence-electron chi connectivity index (χ1n) is 8.59. The minimum atomic E-state index is -0.546. The molecule has 0 amide bonds. The van der Waals surface area contributed by atoms with E-state index in [9.17, 15) is 14.3 Å². The van der Waals surface area contributed by atoms with E-state index in [4.69, 9.17) is 0 Å². The summed E-state index contributed by atoms with van der Waals surface area (Å²) >= 11 is 0. The summed E-state index contributed by atoms with van der Waals surface area (Å²) in [5.41, 5.74) is 1.01. The monoisotopic (exact) mass is 318 g/mol. The number of hydrogen-bond donors (Lipinski definition) is 1. The zero-order valence-electron chi connectivity index (χ0n) is 13.9. The third kappa shape index (κ3) is 3.89. The Labute approximate surface area is 138 Å². The molecule has 4 unspecified atom stereocenters. The summed E-state index contributed by atoms with van der Waals surface area (Å²) in [7, 11) is 0. The number of halogens is 1. The number of hydrogen-bond acceptors (Lipinski definition) is 2. The predicted molar refractivity (Wildman–Crippen MR) is 91.5 cm³/mol. The van der Waals surface area contributed by atoms with Crippen molar-refractivity contribution in [2.75, 3.05) is 0 Å². The fourth-order valence-electron chi connectivity index (χ4n) is 4.20. The Kier molecular flexibility index (Phi) is 6.11. The lowest BCUT2D eigenvalue weighted by Gasteiger charge is -2.43. The van der Waals surface area contributed by atoms with E-state index in [1.165, 1.54) is 6.08 Å². The van der Waals surface area contributed by atoms with Gasteiger partial charge in [-0.3, -0.25) is 4.79 Å². The lowest BCUT2D eigenvalue weighted by Crippen LogP contribution is -2.44. The van der Waals surface area contributed by atoms with Crippen molar-refractivity contribution in [3.8, 4) is 0 Å². The van der Waals surface area contributed by atoms with Gasteiger partial charge in [0.25, 0.3) is 0 Å². The number of allylic oxidation sites excluding steroid dienone is 6. The second kappa shape index (κ2) is 7.87. The molecule has 0 aromatic rings. The molecular weight excluding hydrogens is 291 g/mol. The van der Waals surface area contributed by atoms with Gasteiger partial charge >= 0.3 is 0 Å². The van der Waals surface area contributed by atoms with Gasteiger partial charge in [-0.2, -0.15) is 0 Å². The molecule has 0 heterocycles. The third-order valence-electron chi connectivity index (χ3n) is 5.30. The first-order chi connectivity index (χ1) is 11.0. The Morgan fingerprint density at radius 2 is 2.13 bits per heavy atom. The van der Waals surface area contributed by atoms with Crippen LogP contribution in [0.2, 0.25) is 0 Å². The number of carbonyl (C=O) groups excluding carboxylic acids is 1. The first kappa shape index (κ1) is 17.9. The van der Waals surface area contributed by atoms with Gasteiger partial charge in [0.2, 0.25) is 0 Å². The predicted octanol–water partition coefficient (Wildman–Crippen LogP) is 4.67. The van der Waals surface area contributed by atoms with Gasteiger partial charge in [0, 0.05) is 11.5 Å². The van der Waals surface area contributed by atoms with Crippen molar-refractivity contribution in [1.29, 1.82) is 0 Å². The second-order valence-corrected chi connectivity index (χ2v) is 6.70. The molecule has 2 saturated carbocycles. The van der Waals surface area contributed by atoms with Crippen LogP contribution in [0.15, 0.2) is 48.4 Å². The molecule has 2 aliphatic rings. The summed E-state index contributed by atoms with van der Waals surface area (Å²) in [6.45, 7) is 9.01. The first-order valence-corrected chi connectivity index (χ1v) is 8.59. The fourth-order valence-corrected chi connectivity index (χ4v) is 4.20. The van der Waals surface area contributed by atoms with Crippen molar-refractivity contribution >= 4 is 5.78 Å². The summed E-state index contributed by atoms with van der Waals surface area (Å²) in [5.74, 6) is 0.0564. The number of fused-ring (bicyclic) bond motifs is 1. The Morgan fingerprint density at radius 3 is 2.74 bits per heavy atom. The zero-order chi connectivity index (χ0) is 17.0. The minimum Gasteiger partial charge on any atom is -0.393 e.